The van der Waals surface area contributed by atoms with Crippen molar-refractivity contribution in [1.29, 1.82) is 0 Å². The van der Waals surface area contributed by atoms with Crippen LogP contribution in [0.5, 0.6) is 0 Å². The standard InChI is InChI=1S/C11H15IO/c1-8-9(5-7-12)11(2,3)6-4-10(8)13/h5,7H,4,6H2,1-3H3/b7-5-. The molecule has 0 unspecified atom stereocenters. The van der Waals surface area contributed by atoms with E-state index < -0.39 is 0 Å². The molecule has 0 fully saturated rings. The van der Waals surface area contributed by atoms with Crippen LogP contribution in [0.2, 0.25) is 0 Å². The van der Waals surface area contributed by atoms with Crippen molar-refractivity contribution in [3.05, 3.63) is 21.3 Å². The number of carbonyl (C=O) groups excluding carboxylic acids is 1. The number of hydrogen-bond donors (Lipinski definition) is 0. The molecule has 0 saturated heterocycles. The first-order valence-electron chi connectivity index (χ1n) is 4.50. The summed E-state index contributed by atoms with van der Waals surface area (Å²) in [5.41, 5.74) is 2.32. The molecule has 0 aromatic carbocycles. The van der Waals surface area contributed by atoms with Gasteiger partial charge in [0.1, 0.15) is 0 Å². The minimum absolute atomic E-state index is 0.166. The number of rotatable bonds is 1. The van der Waals surface area contributed by atoms with Crippen LogP contribution in [0.4, 0.5) is 0 Å². The zero-order chi connectivity index (χ0) is 10.1. The fraction of sp³-hybridized carbons (Fsp3) is 0.545. The molecule has 1 rings (SSSR count). The van der Waals surface area contributed by atoms with Crippen LogP contribution in [0.15, 0.2) is 21.3 Å². The maximum Gasteiger partial charge on any atom is 0.158 e. The molecular weight excluding hydrogens is 275 g/mol. The summed E-state index contributed by atoms with van der Waals surface area (Å²) in [4.78, 5) is 11.5. The van der Waals surface area contributed by atoms with E-state index in [4.69, 9.17) is 0 Å². The summed E-state index contributed by atoms with van der Waals surface area (Å²) in [7, 11) is 0. The van der Waals surface area contributed by atoms with Crippen LogP contribution < -0.4 is 0 Å². The van der Waals surface area contributed by atoms with E-state index >= 15 is 0 Å². The predicted octanol–water partition coefficient (Wildman–Crippen LogP) is 3.64. The van der Waals surface area contributed by atoms with Gasteiger partial charge in [-0.15, -0.1) is 0 Å². The fourth-order valence-electron chi connectivity index (χ4n) is 1.82. The summed E-state index contributed by atoms with van der Waals surface area (Å²) in [6, 6.07) is 0. The highest BCUT2D eigenvalue weighted by Crippen LogP contribution is 2.39. The minimum Gasteiger partial charge on any atom is -0.295 e. The lowest BCUT2D eigenvalue weighted by Gasteiger charge is -2.31. The Morgan fingerprint density at radius 2 is 2.08 bits per heavy atom. The normalized spacial score (nSPS) is 22.9. The SMILES string of the molecule is CC1=C(/C=C\I)C(C)(C)CCC1=O. The quantitative estimate of drug-likeness (QED) is 0.674. The van der Waals surface area contributed by atoms with E-state index in [2.05, 4.69) is 42.5 Å². The van der Waals surface area contributed by atoms with Crippen LogP contribution in [0.25, 0.3) is 0 Å². The maximum absolute atomic E-state index is 11.5. The molecule has 72 valence electrons. The van der Waals surface area contributed by atoms with Crippen LogP contribution in [-0.4, -0.2) is 5.78 Å². The van der Waals surface area contributed by atoms with E-state index in [1.54, 1.807) is 0 Å². The highest BCUT2D eigenvalue weighted by atomic mass is 127. The van der Waals surface area contributed by atoms with Crippen molar-refractivity contribution in [2.75, 3.05) is 0 Å². The van der Waals surface area contributed by atoms with E-state index in [0.29, 0.717) is 12.2 Å². The van der Waals surface area contributed by atoms with Gasteiger partial charge in [0, 0.05) is 6.42 Å². The molecule has 1 aliphatic carbocycles. The van der Waals surface area contributed by atoms with Gasteiger partial charge in [0.15, 0.2) is 5.78 Å². The van der Waals surface area contributed by atoms with Crippen molar-refractivity contribution >= 4 is 28.4 Å². The summed E-state index contributed by atoms with van der Waals surface area (Å²) < 4.78 is 1.98. The van der Waals surface area contributed by atoms with E-state index in [1.807, 2.05) is 11.0 Å². The summed E-state index contributed by atoms with van der Waals surface area (Å²) in [6.45, 7) is 6.35. The summed E-state index contributed by atoms with van der Waals surface area (Å²) in [5, 5.41) is 0. The van der Waals surface area contributed by atoms with E-state index in [1.165, 1.54) is 5.57 Å². The zero-order valence-corrected chi connectivity index (χ0v) is 10.5. The highest BCUT2D eigenvalue weighted by Gasteiger charge is 2.30. The smallest absolute Gasteiger partial charge is 0.158 e. The third-order valence-corrected chi connectivity index (χ3v) is 3.12. The van der Waals surface area contributed by atoms with Gasteiger partial charge in [0.2, 0.25) is 0 Å². The maximum atomic E-state index is 11.5. The topological polar surface area (TPSA) is 17.1 Å². The van der Waals surface area contributed by atoms with Gasteiger partial charge in [0.05, 0.1) is 0 Å². The Morgan fingerprint density at radius 3 is 2.62 bits per heavy atom. The Bertz CT molecular complexity index is 284. The minimum atomic E-state index is 0.166. The largest absolute Gasteiger partial charge is 0.295 e. The Morgan fingerprint density at radius 1 is 1.46 bits per heavy atom. The first kappa shape index (κ1) is 11.0. The van der Waals surface area contributed by atoms with Crippen LogP contribution in [-0.2, 0) is 4.79 Å². The average Bonchev–Trinajstić information content (AvgIpc) is 2.07. The molecule has 0 aromatic heterocycles. The molecule has 0 spiro atoms. The van der Waals surface area contributed by atoms with Crippen molar-refractivity contribution in [2.45, 2.75) is 33.6 Å². The van der Waals surface area contributed by atoms with Crippen molar-refractivity contribution < 1.29 is 4.79 Å². The molecule has 13 heavy (non-hydrogen) atoms. The number of Topliss-reactive ketones (excluding diaryl/α,β-unsaturated/α-hetero) is 1. The number of ketones is 1. The number of halogens is 1. The molecule has 0 amide bonds. The van der Waals surface area contributed by atoms with Crippen LogP contribution in [0, 0.1) is 5.41 Å². The van der Waals surface area contributed by atoms with Crippen molar-refractivity contribution in [2.24, 2.45) is 5.41 Å². The van der Waals surface area contributed by atoms with Crippen molar-refractivity contribution in [1.82, 2.24) is 0 Å². The molecule has 0 bridgehead atoms. The van der Waals surface area contributed by atoms with Crippen LogP contribution >= 0.6 is 22.6 Å². The molecule has 0 heterocycles. The second-order valence-electron chi connectivity index (χ2n) is 4.14. The van der Waals surface area contributed by atoms with E-state index in [-0.39, 0.29) is 5.41 Å². The van der Waals surface area contributed by atoms with Gasteiger partial charge in [-0.05, 0) is 34.0 Å². The molecule has 2 heteroatoms. The Hall–Kier alpha value is -0.120. The molecule has 0 radical (unpaired) electrons. The van der Waals surface area contributed by atoms with E-state index in [0.717, 1.165) is 12.0 Å². The summed E-state index contributed by atoms with van der Waals surface area (Å²) in [5.74, 6) is 0.309. The first-order chi connectivity index (χ1) is 5.99. The number of carbonyl (C=O) groups is 1. The zero-order valence-electron chi connectivity index (χ0n) is 8.36. The molecule has 1 aliphatic rings. The highest BCUT2D eigenvalue weighted by molar-refractivity contribution is 14.1. The number of allylic oxidation sites excluding steroid dienone is 3. The average molecular weight is 290 g/mol. The third kappa shape index (κ3) is 2.22. The van der Waals surface area contributed by atoms with Gasteiger partial charge < -0.3 is 0 Å². The molecule has 1 nitrogen and oxygen atoms in total. The van der Waals surface area contributed by atoms with E-state index in [9.17, 15) is 4.79 Å². The van der Waals surface area contributed by atoms with Gasteiger partial charge in [0.25, 0.3) is 0 Å². The van der Waals surface area contributed by atoms with Crippen LogP contribution in [0.1, 0.15) is 33.6 Å². The second kappa shape index (κ2) is 3.95. The summed E-state index contributed by atoms with van der Waals surface area (Å²) >= 11 is 2.20. The van der Waals surface area contributed by atoms with Crippen molar-refractivity contribution in [3.8, 4) is 0 Å². The predicted molar refractivity (Wildman–Crippen MR) is 63.9 cm³/mol. The molecule has 0 N–H and O–H groups in total. The Kier molecular flexibility index (Phi) is 3.33. The Labute approximate surface area is 93.4 Å². The molecule has 0 aromatic rings. The van der Waals surface area contributed by atoms with Gasteiger partial charge in [-0.25, -0.2) is 0 Å². The number of hydrogen-bond acceptors (Lipinski definition) is 1. The van der Waals surface area contributed by atoms with Crippen LogP contribution in [0.3, 0.4) is 0 Å². The van der Waals surface area contributed by atoms with Gasteiger partial charge in [-0.2, -0.15) is 0 Å². The Balaban J connectivity index is 3.17. The monoisotopic (exact) mass is 290 g/mol. The third-order valence-electron chi connectivity index (χ3n) is 2.76. The summed E-state index contributed by atoms with van der Waals surface area (Å²) in [6.07, 6.45) is 3.74. The lowest BCUT2D eigenvalue weighted by Crippen LogP contribution is -2.24. The first-order valence-corrected chi connectivity index (χ1v) is 5.75. The molecule has 0 saturated carbocycles. The molecule has 0 atom stereocenters. The van der Waals surface area contributed by atoms with Gasteiger partial charge >= 0.3 is 0 Å². The molecular formula is C11H15IO. The van der Waals surface area contributed by atoms with Crippen molar-refractivity contribution in [3.63, 3.8) is 0 Å². The lowest BCUT2D eigenvalue weighted by molar-refractivity contribution is -0.116. The van der Waals surface area contributed by atoms with Gasteiger partial charge in [-0.3, -0.25) is 4.79 Å². The second-order valence-corrected chi connectivity index (χ2v) is 4.86. The van der Waals surface area contributed by atoms with Gasteiger partial charge in [-0.1, -0.05) is 42.5 Å². The molecule has 0 aliphatic heterocycles. The lowest BCUT2D eigenvalue weighted by atomic mass is 9.72. The fourth-order valence-corrected chi connectivity index (χ4v) is 2.18.